The van der Waals surface area contributed by atoms with Crippen LogP contribution in [0.1, 0.15) is 20.8 Å². The highest BCUT2D eigenvalue weighted by atomic mass is 32.1. The highest BCUT2D eigenvalue weighted by Crippen LogP contribution is 2.22. The predicted octanol–water partition coefficient (Wildman–Crippen LogP) is 4.07. The third-order valence-electron chi connectivity index (χ3n) is 2.54. The topological polar surface area (TPSA) is 56.5 Å². The third-order valence-corrected chi connectivity index (χ3v) is 2.63. The lowest BCUT2D eigenvalue weighted by Gasteiger charge is -2.18. The Balaban J connectivity index is 2.19. The summed E-state index contributed by atoms with van der Waals surface area (Å²) in [6.07, 6.45) is 2.74. The maximum atomic E-state index is 11.9. The molecule has 0 unspecified atom stereocenters. The van der Waals surface area contributed by atoms with E-state index in [1.807, 2.05) is 45.0 Å². The van der Waals surface area contributed by atoms with Crippen molar-refractivity contribution in [3.05, 3.63) is 36.7 Å². The molecule has 0 saturated carbocycles. The van der Waals surface area contributed by atoms with Gasteiger partial charge < -0.3 is 4.74 Å². The summed E-state index contributed by atoms with van der Waals surface area (Å²) in [6, 6.07) is 7.39. The zero-order valence-electron chi connectivity index (χ0n) is 12.0. The van der Waals surface area contributed by atoms with Gasteiger partial charge in [0.15, 0.2) is 0 Å². The number of benzene rings is 1. The summed E-state index contributed by atoms with van der Waals surface area (Å²) >= 11 is 4.55. The summed E-state index contributed by atoms with van der Waals surface area (Å²) in [5, 5.41) is 6.34. The van der Waals surface area contributed by atoms with Crippen molar-refractivity contribution < 1.29 is 9.53 Å². The molecule has 0 aliphatic carbocycles. The van der Waals surface area contributed by atoms with Crippen molar-refractivity contribution in [2.24, 2.45) is 4.99 Å². The van der Waals surface area contributed by atoms with E-state index in [2.05, 4.69) is 27.5 Å². The average Bonchev–Trinajstić information content (AvgIpc) is 2.88. The standard InChI is InChI=1S/C15H15N3O2S/c1-15(2,3)20-14(19)18-9-12(8-17-18)11-4-6-13(7-5-11)16-10-21/h4-9H,1-3H3. The largest absolute Gasteiger partial charge is 0.442 e. The molecule has 0 saturated heterocycles. The number of carbonyl (C=O) groups excluding carboxylic acids is 1. The molecule has 1 aromatic carbocycles. The van der Waals surface area contributed by atoms with Gasteiger partial charge in [-0.2, -0.15) is 14.8 Å². The van der Waals surface area contributed by atoms with Gasteiger partial charge in [0, 0.05) is 11.8 Å². The molecular weight excluding hydrogens is 286 g/mol. The number of hydrogen-bond acceptors (Lipinski definition) is 5. The fourth-order valence-electron chi connectivity index (χ4n) is 1.66. The summed E-state index contributed by atoms with van der Waals surface area (Å²) in [6.45, 7) is 5.43. The van der Waals surface area contributed by atoms with Gasteiger partial charge in [0.05, 0.1) is 17.0 Å². The zero-order valence-corrected chi connectivity index (χ0v) is 12.8. The molecule has 0 spiro atoms. The van der Waals surface area contributed by atoms with Gasteiger partial charge in [-0.25, -0.2) is 4.79 Å². The highest BCUT2D eigenvalue weighted by Gasteiger charge is 2.18. The summed E-state index contributed by atoms with van der Waals surface area (Å²) in [5.41, 5.74) is 1.92. The number of rotatable bonds is 2. The lowest BCUT2D eigenvalue weighted by molar-refractivity contribution is 0.0514. The Morgan fingerprint density at radius 2 is 1.95 bits per heavy atom. The smallest absolute Gasteiger partial charge is 0.435 e. The molecule has 0 fully saturated rings. The number of aliphatic imine (C=N–C) groups is 1. The van der Waals surface area contributed by atoms with Crippen molar-refractivity contribution in [1.82, 2.24) is 9.78 Å². The minimum atomic E-state index is -0.552. The van der Waals surface area contributed by atoms with Crippen LogP contribution in [0.25, 0.3) is 11.1 Å². The maximum absolute atomic E-state index is 11.9. The zero-order chi connectivity index (χ0) is 15.5. The van der Waals surface area contributed by atoms with Crippen LogP contribution in [0.5, 0.6) is 0 Å². The van der Waals surface area contributed by atoms with E-state index in [0.717, 1.165) is 16.8 Å². The van der Waals surface area contributed by atoms with E-state index in [1.54, 1.807) is 12.4 Å². The van der Waals surface area contributed by atoms with Gasteiger partial charge in [-0.15, -0.1) is 0 Å². The van der Waals surface area contributed by atoms with Gasteiger partial charge in [-0.05, 0) is 50.7 Å². The molecule has 2 rings (SSSR count). The Bertz CT molecular complexity index is 692. The predicted molar refractivity (Wildman–Crippen MR) is 84.0 cm³/mol. The van der Waals surface area contributed by atoms with Crippen LogP contribution >= 0.6 is 12.2 Å². The van der Waals surface area contributed by atoms with Gasteiger partial charge in [-0.1, -0.05) is 12.1 Å². The first-order valence-corrected chi connectivity index (χ1v) is 6.76. The monoisotopic (exact) mass is 301 g/mol. The molecule has 0 atom stereocenters. The van der Waals surface area contributed by atoms with Crippen molar-refractivity contribution in [2.45, 2.75) is 26.4 Å². The fraction of sp³-hybridized carbons (Fsp3) is 0.267. The van der Waals surface area contributed by atoms with Gasteiger partial charge in [0.25, 0.3) is 0 Å². The number of thiocarbonyl (C=S) groups is 1. The van der Waals surface area contributed by atoms with E-state index in [4.69, 9.17) is 4.74 Å². The number of carbonyl (C=O) groups is 1. The first-order valence-electron chi connectivity index (χ1n) is 6.35. The van der Waals surface area contributed by atoms with Crippen LogP contribution in [0.15, 0.2) is 41.7 Å². The fourth-order valence-corrected chi connectivity index (χ4v) is 1.77. The summed E-state index contributed by atoms with van der Waals surface area (Å²) in [7, 11) is 0. The van der Waals surface area contributed by atoms with Gasteiger partial charge >= 0.3 is 6.09 Å². The van der Waals surface area contributed by atoms with Crippen LogP contribution in [0.3, 0.4) is 0 Å². The maximum Gasteiger partial charge on any atom is 0.435 e. The van der Waals surface area contributed by atoms with Gasteiger partial charge in [-0.3, -0.25) is 0 Å². The second-order valence-electron chi connectivity index (χ2n) is 5.40. The summed E-state index contributed by atoms with van der Waals surface area (Å²) in [5.74, 6) is 0. The molecule has 0 amide bonds. The van der Waals surface area contributed by atoms with Crippen LogP contribution in [0.4, 0.5) is 10.5 Å². The number of nitrogens with zero attached hydrogens (tertiary/aromatic N) is 3. The van der Waals surface area contributed by atoms with Crippen molar-refractivity contribution in [3.8, 4) is 11.1 Å². The van der Waals surface area contributed by atoms with E-state index in [9.17, 15) is 4.79 Å². The number of isothiocyanates is 1. The molecule has 2 aromatic rings. The molecule has 1 aromatic heterocycles. The highest BCUT2D eigenvalue weighted by molar-refractivity contribution is 7.78. The molecule has 21 heavy (non-hydrogen) atoms. The van der Waals surface area contributed by atoms with Crippen molar-refractivity contribution in [2.75, 3.05) is 0 Å². The Morgan fingerprint density at radius 1 is 1.29 bits per heavy atom. The van der Waals surface area contributed by atoms with E-state index in [0.29, 0.717) is 0 Å². The Morgan fingerprint density at radius 3 is 2.52 bits per heavy atom. The lowest BCUT2D eigenvalue weighted by atomic mass is 10.1. The van der Waals surface area contributed by atoms with Crippen LogP contribution in [-0.4, -0.2) is 26.6 Å². The Kier molecular flexibility index (Phi) is 4.31. The van der Waals surface area contributed by atoms with E-state index >= 15 is 0 Å². The summed E-state index contributed by atoms with van der Waals surface area (Å²) < 4.78 is 6.43. The van der Waals surface area contributed by atoms with E-state index in [-0.39, 0.29) is 0 Å². The molecule has 0 radical (unpaired) electrons. The SMILES string of the molecule is CC(C)(C)OC(=O)n1cc(-c2ccc(N=C=S)cc2)cn1. The second kappa shape index (κ2) is 5.99. The van der Waals surface area contributed by atoms with Crippen LogP contribution in [0, 0.1) is 0 Å². The van der Waals surface area contributed by atoms with Gasteiger partial charge in [0.1, 0.15) is 5.60 Å². The normalized spacial score (nSPS) is 10.8. The molecule has 6 heteroatoms. The third kappa shape index (κ3) is 4.08. The molecule has 0 N–H and O–H groups in total. The molecule has 0 bridgehead atoms. The summed E-state index contributed by atoms with van der Waals surface area (Å²) in [4.78, 5) is 15.8. The minimum Gasteiger partial charge on any atom is -0.442 e. The lowest BCUT2D eigenvalue weighted by Crippen LogP contribution is -2.27. The number of hydrogen-bond donors (Lipinski definition) is 0. The number of aromatic nitrogens is 2. The Hall–Kier alpha value is -2.30. The first kappa shape index (κ1) is 15.1. The first-order chi connectivity index (χ1) is 9.89. The van der Waals surface area contributed by atoms with Crippen LogP contribution < -0.4 is 0 Å². The second-order valence-corrected chi connectivity index (χ2v) is 5.59. The minimum absolute atomic E-state index is 0.504. The quantitative estimate of drug-likeness (QED) is 0.620. The van der Waals surface area contributed by atoms with Crippen molar-refractivity contribution in [3.63, 3.8) is 0 Å². The van der Waals surface area contributed by atoms with Crippen LogP contribution in [0.2, 0.25) is 0 Å². The Labute approximate surface area is 128 Å². The molecule has 1 heterocycles. The number of ether oxygens (including phenoxy) is 1. The van der Waals surface area contributed by atoms with Crippen molar-refractivity contribution in [1.29, 1.82) is 0 Å². The van der Waals surface area contributed by atoms with Crippen molar-refractivity contribution >= 4 is 29.2 Å². The van der Waals surface area contributed by atoms with E-state index < -0.39 is 11.7 Å². The molecule has 108 valence electrons. The van der Waals surface area contributed by atoms with Gasteiger partial charge in [0.2, 0.25) is 0 Å². The molecule has 0 aliphatic rings. The molecule has 0 aliphatic heterocycles. The molecule has 5 nitrogen and oxygen atoms in total. The average molecular weight is 301 g/mol. The molecular formula is C15H15N3O2S. The van der Waals surface area contributed by atoms with Crippen LogP contribution in [-0.2, 0) is 4.74 Å². The van der Waals surface area contributed by atoms with E-state index in [1.165, 1.54) is 4.68 Å².